The smallest absolute Gasteiger partial charge is 0.408 e. The van der Waals surface area contributed by atoms with Crippen LogP contribution in [0.25, 0.3) is 0 Å². The van der Waals surface area contributed by atoms with Gasteiger partial charge in [0, 0.05) is 5.92 Å². The molecule has 1 heterocycles. The van der Waals surface area contributed by atoms with E-state index in [1.54, 1.807) is 19.1 Å². The number of aliphatic hydroxyl groups is 3. The predicted molar refractivity (Wildman–Crippen MR) is 128 cm³/mol. The van der Waals surface area contributed by atoms with Crippen molar-refractivity contribution in [3.63, 3.8) is 0 Å². The van der Waals surface area contributed by atoms with E-state index in [0.717, 1.165) is 0 Å². The average Bonchev–Trinajstić information content (AvgIpc) is 3.20. The minimum absolute atomic E-state index is 0.00875. The first kappa shape index (κ1) is 27.1. The Hall–Kier alpha value is -2.50. The molecule has 0 radical (unpaired) electrons. The molecule has 0 aromatic carbocycles. The number of carbonyl (C=O) groups excluding carboxylic acids is 2. The van der Waals surface area contributed by atoms with Crippen molar-refractivity contribution in [3.8, 4) is 0 Å². The molecule has 208 valence electrons. The number of halogens is 3. The number of aryl methyl sites for hydroxylation is 1. The maximum Gasteiger partial charge on any atom is 0.408 e. The molecule has 3 N–H and O–H groups in total. The van der Waals surface area contributed by atoms with E-state index in [4.69, 9.17) is 4.74 Å². The van der Waals surface area contributed by atoms with E-state index in [9.17, 15) is 38.1 Å². The Balaban J connectivity index is 1.55. The number of hydrogen-bond donors (Lipinski definition) is 3. The van der Waals surface area contributed by atoms with Gasteiger partial charge in [-0.25, -0.2) is 4.79 Å². The van der Waals surface area contributed by atoms with Crippen LogP contribution in [0.3, 0.4) is 0 Å². The van der Waals surface area contributed by atoms with Gasteiger partial charge in [0.2, 0.25) is 0 Å². The summed E-state index contributed by atoms with van der Waals surface area (Å²) in [4.78, 5) is 27.5. The summed E-state index contributed by atoms with van der Waals surface area (Å²) in [5.74, 6) is -1.74. The number of aliphatic hydroxyl groups excluding tert-OH is 2. The van der Waals surface area contributed by atoms with Crippen molar-refractivity contribution in [1.82, 2.24) is 9.78 Å². The van der Waals surface area contributed by atoms with Crippen LogP contribution in [-0.2, 0) is 16.1 Å². The summed E-state index contributed by atoms with van der Waals surface area (Å²) < 4.78 is 45.4. The van der Waals surface area contributed by atoms with E-state index >= 15 is 0 Å². The molecule has 4 aliphatic carbocycles. The average molecular weight is 539 g/mol. The number of rotatable bonds is 4. The Morgan fingerprint density at radius 1 is 1.26 bits per heavy atom. The highest BCUT2D eigenvalue weighted by molar-refractivity contribution is 5.96. The zero-order chi connectivity index (χ0) is 28.2. The fourth-order valence-electron chi connectivity index (χ4n) is 7.69. The normalized spacial score (nSPS) is 37.4. The Morgan fingerprint density at radius 3 is 2.53 bits per heavy atom. The molecule has 0 unspecified atom stereocenters. The van der Waals surface area contributed by atoms with Gasteiger partial charge in [-0.05, 0) is 62.0 Å². The van der Waals surface area contributed by atoms with E-state index in [-0.39, 0.29) is 52.0 Å². The zero-order valence-corrected chi connectivity index (χ0v) is 22.0. The Bertz CT molecular complexity index is 1280. The van der Waals surface area contributed by atoms with Crippen LogP contribution in [0, 0.1) is 42.4 Å². The Labute approximate surface area is 218 Å². The molecule has 38 heavy (non-hydrogen) atoms. The number of aromatic nitrogens is 2. The third-order valence-electron chi connectivity index (χ3n) is 9.60. The topological polar surface area (TPSA) is 122 Å². The standard InChI is InChI=1S/C27H33F3N2O6/c1-12-9-25-7-6-17-19(24(17,4)5)16(21(25)35)8-15(10-33)20(34)27(25,37)22(12)38-23(36)18-13(2)31-32(14(18)3)11-26(28,29)30/h8-9,16-17,19-20,22,33-34,37H,6-7,10-11H2,1-5H3/t16-,17+,19+,20+,22-,25+,27-/m0/s1. The molecule has 0 aliphatic heterocycles. The Morgan fingerprint density at radius 2 is 1.92 bits per heavy atom. The minimum Gasteiger partial charge on any atom is -0.451 e. The summed E-state index contributed by atoms with van der Waals surface area (Å²) in [5.41, 5.74) is -3.78. The van der Waals surface area contributed by atoms with Crippen LogP contribution < -0.4 is 0 Å². The second-order valence-electron chi connectivity index (χ2n) is 12.0. The summed E-state index contributed by atoms with van der Waals surface area (Å²) in [6.45, 7) is 6.44. The first-order valence-corrected chi connectivity index (χ1v) is 12.8. The molecule has 7 atom stereocenters. The van der Waals surface area contributed by atoms with Crippen molar-refractivity contribution in [2.24, 2.45) is 28.6 Å². The van der Waals surface area contributed by atoms with Crippen LogP contribution in [0.5, 0.6) is 0 Å². The third kappa shape index (κ3) is 3.50. The van der Waals surface area contributed by atoms with Crippen LogP contribution in [0.4, 0.5) is 13.2 Å². The van der Waals surface area contributed by atoms with E-state index in [0.29, 0.717) is 16.7 Å². The number of ether oxygens (including phenoxy) is 1. The summed E-state index contributed by atoms with van der Waals surface area (Å²) in [7, 11) is 0. The van der Waals surface area contributed by atoms with Crippen LogP contribution >= 0.6 is 0 Å². The lowest BCUT2D eigenvalue weighted by molar-refractivity contribution is -0.182. The van der Waals surface area contributed by atoms with Gasteiger partial charge in [-0.2, -0.15) is 18.3 Å². The third-order valence-corrected chi connectivity index (χ3v) is 9.60. The number of fused-ring (bicyclic) bond motifs is 3. The van der Waals surface area contributed by atoms with Crippen LogP contribution in [0.1, 0.15) is 55.4 Å². The van der Waals surface area contributed by atoms with Crippen LogP contribution in [0.15, 0.2) is 23.3 Å². The molecule has 5 rings (SSSR count). The van der Waals surface area contributed by atoms with Gasteiger partial charge >= 0.3 is 12.1 Å². The number of esters is 1. The second-order valence-corrected chi connectivity index (χ2v) is 12.0. The lowest BCUT2D eigenvalue weighted by Gasteiger charge is -2.46. The van der Waals surface area contributed by atoms with Gasteiger partial charge in [0.25, 0.3) is 0 Å². The highest BCUT2D eigenvalue weighted by Crippen LogP contribution is 2.70. The van der Waals surface area contributed by atoms with E-state index in [1.165, 1.54) is 13.8 Å². The van der Waals surface area contributed by atoms with E-state index < -0.39 is 54.4 Å². The van der Waals surface area contributed by atoms with Gasteiger partial charge in [-0.1, -0.05) is 26.0 Å². The maximum atomic E-state index is 14.2. The molecule has 11 heteroatoms. The fourth-order valence-corrected chi connectivity index (χ4v) is 7.69. The molecule has 1 aromatic heterocycles. The molecule has 4 aliphatic rings. The van der Waals surface area contributed by atoms with Gasteiger partial charge in [0.1, 0.15) is 18.2 Å². The number of carbonyl (C=O) groups is 2. The highest BCUT2D eigenvalue weighted by Gasteiger charge is 2.74. The molecule has 0 saturated heterocycles. The van der Waals surface area contributed by atoms with E-state index in [2.05, 4.69) is 18.9 Å². The first-order valence-electron chi connectivity index (χ1n) is 12.8. The molecule has 2 bridgehead atoms. The van der Waals surface area contributed by atoms with Gasteiger partial charge in [0.05, 0.1) is 23.4 Å². The molecular weight excluding hydrogens is 505 g/mol. The van der Waals surface area contributed by atoms with Crippen molar-refractivity contribution in [3.05, 3.63) is 40.2 Å². The largest absolute Gasteiger partial charge is 0.451 e. The highest BCUT2D eigenvalue weighted by atomic mass is 19.4. The number of allylic oxidation sites excluding steroid dienone is 1. The maximum absolute atomic E-state index is 14.2. The van der Waals surface area contributed by atoms with Crippen molar-refractivity contribution in [1.29, 1.82) is 0 Å². The number of nitrogens with zero attached hydrogens (tertiary/aromatic N) is 2. The summed E-state index contributed by atoms with van der Waals surface area (Å²) in [6, 6.07) is 0. The summed E-state index contributed by atoms with van der Waals surface area (Å²) in [5, 5.41) is 37.7. The van der Waals surface area contributed by atoms with Crippen molar-refractivity contribution < 1.29 is 42.8 Å². The van der Waals surface area contributed by atoms with Gasteiger partial charge < -0.3 is 20.1 Å². The van der Waals surface area contributed by atoms with Gasteiger partial charge in [-0.15, -0.1) is 0 Å². The predicted octanol–water partition coefficient (Wildman–Crippen LogP) is 2.81. The molecule has 0 amide bonds. The fraction of sp³-hybridized carbons (Fsp3) is 0.667. The SMILES string of the molecule is CC1=C[C@@]23CC[C@@H]4[C@@H]([C@H](C=C(CO)[C@@H](O)[C@]2(O)[C@H]1OC(=O)c1c(C)nn(CC(F)(F)F)c1C)C3=O)C4(C)C. The summed E-state index contributed by atoms with van der Waals surface area (Å²) >= 11 is 0. The van der Waals surface area contributed by atoms with Crippen molar-refractivity contribution in [2.75, 3.05) is 6.61 Å². The molecular formula is C27H33F3N2O6. The number of hydrogen-bond acceptors (Lipinski definition) is 7. The summed E-state index contributed by atoms with van der Waals surface area (Å²) in [6.07, 6.45) is -3.76. The number of Topliss-reactive ketones (excluding diaryl/α,β-unsaturated/α-hetero) is 1. The number of ketones is 1. The lowest BCUT2D eigenvalue weighted by Crippen LogP contribution is -2.63. The van der Waals surface area contributed by atoms with Crippen LogP contribution in [0.2, 0.25) is 0 Å². The van der Waals surface area contributed by atoms with Gasteiger partial charge in [0.15, 0.2) is 17.5 Å². The van der Waals surface area contributed by atoms with Crippen molar-refractivity contribution in [2.45, 2.75) is 78.0 Å². The first-order chi connectivity index (χ1) is 17.5. The Kier molecular flexibility index (Phi) is 5.88. The monoisotopic (exact) mass is 538 g/mol. The molecule has 8 nitrogen and oxygen atoms in total. The van der Waals surface area contributed by atoms with E-state index in [1.807, 2.05) is 0 Å². The second kappa shape index (κ2) is 8.25. The quantitative estimate of drug-likeness (QED) is 0.398. The van der Waals surface area contributed by atoms with Crippen molar-refractivity contribution >= 4 is 11.8 Å². The molecule has 2 saturated carbocycles. The number of alkyl halides is 3. The molecule has 1 spiro atoms. The van der Waals surface area contributed by atoms with Crippen LogP contribution in [-0.4, -0.2) is 67.4 Å². The molecule has 2 fully saturated rings. The van der Waals surface area contributed by atoms with Gasteiger partial charge in [-0.3, -0.25) is 9.48 Å². The molecule has 1 aromatic rings. The lowest BCUT2D eigenvalue weighted by atomic mass is 9.63. The zero-order valence-electron chi connectivity index (χ0n) is 22.0. The minimum atomic E-state index is -4.56.